The first-order valence-corrected chi connectivity index (χ1v) is 5.45. The minimum atomic E-state index is 0.448. The fourth-order valence-electron chi connectivity index (χ4n) is 1.46. The van der Waals surface area contributed by atoms with E-state index in [1.165, 1.54) is 0 Å². The number of nitrogens with two attached hydrogens (primary N) is 1. The molecular formula is C11H20N4. The van der Waals surface area contributed by atoms with Gasteiger partial charge < -0.3 is 10.6 Å². The molecule has 0 aliphatic heterocycles. The summed E-state index contributed by atoms with van der Waals surface area (Å²) in [5.41, 5.74) is 6.31. The van der Waals surface area contributed by atoms with Gasteiger partial charge >= 0.3 is 0 Å². The van der Waals surface area contributed by atoms with E-state index in [0.717, 1.165) is 24.6 Å². The molecule has 0 aliphatic rings. The standard InChI is InChI=1S/C11H20N4/c1-4-15(8-9(2)3)11-6-5-10(7-12)13-14-11/h5-6,9H,4,7-8,12H2,1-3H3. The zero-order valence-electron chi connectivity index (χ0n) is 9.77. The van der Waals surface area contributed by atoms with Gasteiger partial charge in [-0.3, -0.25) is 0 Å². The molecule has 1 heterocycles. The maximum absolute atomic E-state index is 5.47. The molecule has 0 saturated heterocycles. The van der Waals surface area contributed by atoms with Crippen molar-refractivity contribution < 1.29 is 0 Å². The number of nitrogens with zero attached hydrogens (tertiary/aromatic N) is 3. The molecule has 2 N–H and O–H groups in total. The molecule has 0 fully saturated rings. The number of rotatable bonds is 5. The van der Waals surface area contributed by atoms with Crippen molar-refractivity contribution in [2.75, 3.05) is 18.0 Å². The lowest BCUT2D eigenvalue weighted by Gasteiger charge is -2.23. The Morgan fingerprint density at radius 1 is 1.33 bits per heavy atom. The smallest absolute Gasteiger partial charge is 0.151 e. The highest BCUT2D eigenvalue weighted by Gasteiger charge is 2.07. The second-order valence-corrected chi connectivity index (χ2v) is 4.02. The molecule has 0 atom stereocenters. The van der Waals surface area contributed by atoms with Crippen LogP contribution in [0, 0.1) is 5.92 Å². The van der Waals surface area contributed by atoms with Crippen LogP contribution < -0.4 is 10.6 Å². The van der Waals surface area contributed by atoms with Crippen LogP contribution >= 0.6 is 0 Å². The molecule has 84 valence electrons. The Morgan fingerprint density at radius 2 is 2.07 bits per heavy atom. The van der Waals surface area contributed by atoms with Gasteiger partial charge in [-0.2, -0.15) is 5.10 Å². The second kappa shape index (κ2) is 5.66. The quantitative estimate of drug-likeness (QED) is 0.795. The first kappa shape index (κ1) is 11.9. The van der Waals surface area contributed by atoms with E-state index < -0.39 is 0 Å². The van der Waals surface area contributed by atoms with Crippen molar-refractivity contribution in [2.24, 2.45) is 11.7 Å². The molecule has 0 amide bonds. The normalized spacial score (nSPS) is 10.7. The number of hydrogen-bond acceptors (Lipinski definition) is 4. The molecule has 0 bridgehead atoms. The zero-order valence-corrected chi connectivity index (χ0v) is 9.77. The van der Waals surface area contributed by atoms with Gasteiger partial charge in [0.15, 0.2) is 5.82 Å². The van der Waals surface area contributed by atoms with Crippen molar-refractivity contribution in [1.82, 2.24) is 10.2 Å². The van der Waals surface area contributed by atoms with Crippen molar-refractivity contribution >= 4 is 5.82 Å². The molecule has 15 heavy (non-hydrogen) atoms. The van der Waals surface area contributed by atoms with E-state index in [2.05, 4.69) is 35.9 Å². The van der Waals surface area contributed by atoms with Crippen LogP contribution in [0.15, 0.2) is 12.1 Å². The van der Waals surface area contributed by atoms with Gasteiger partial charge in [0.2, 0.25) is 0 Å². The lowest BCUT2D eigenvalue weighted by atomic mass is 10.2. The largest absolute Gasteiger partial charge is 0.355 e. The molecule has 4 heteroatoms. The van der Waals surface area contributed by atoms with E-state index in [1.807, 2.05) is 12.1 Å². The Bertz CT molecular complexity index is 281. The number of hydrogen-bond donors (Lipinski definition) is 1. The van der Waals surface area contributed by atoms with Crippen molar-refractivity contribution in [2.45, 2.75) is 27.3 Å². The highest BCUT2D eigenvalue weighted by atomic mass is 15.3. The van der Waals surface area contributed by atoms with Crippen LogP contribution in [0.25, 0.3) is 0 Å². The maximum Gasteiger partial charge on any atom is 0.151 e. The monoisotopic (exact) mass is 208 g/mol. The lowest BCUT2D eigenvalue weighted by Crippen LogP contribution is -2.28. The fraction of sp³-hybridized carbons (Fsp3) is 0.636. The van der Waals surface area contributed by atoms with Crippen LogP contribution in [-0.4, -0.2) is 23.3 Å². The topological polar surface area (TPSA) is 55.0 Å². The molecule has 0 aliphatic carbocycles. The molecular weight excluding hydrogens is 188 g/mol. The van der Waals surface area contributed by atoms with Gasteiger partial charge in [0.1, 0.15) is 0 Å². The summed E-state index contributed by atoms with van der Waals surface area (Å²) in [5.74, 6) is 1.56. The minimum Gasteiger partial charge on any atom is -0.355 e. The fourth-order valence-corrected chi connectivity index (χ4v) is 1.46. The zero-order chi connectivity index (χ0) is 11.3. The first-order chi connectivity index (χ1) is 7.17. The minimum absolute atomic E-state index is 0.448. The first-order valence-electron chi connectivity index (χ1n) is 5.45. The van der Waals surface area contributed by atoms with E-state index in [4.69, 9.17) is 5.73 Å². The Labute approximate surface area is 91.5 Å². The highest BCUT2D eigenvalue weighted by Crippen LogP contribution is 2.11. The van der Waals surface area contributed by atoms with E-state index in [9.17, 15) is 0 Å². The summed E-state index contributed by atoms with van der Waals surface area (Å²) in [7, 11) is 0. The summed E-state index contributed by atoms with van der Waals surface area (Å²) in [4.78, 5) is 2.22. The van der Waals surface area contributed by atoms with Crippen LogP contribution in [-0.2, 0) is 6.54 Å². The van der Waals surface area contributed by atoms with E-state index in [-0.39, 0.29) is 0 Å². The van der Waals surface area contributed by atoms with Gasteiger partial charge in [-0.1, -0.05) is 13.8 Å². The Hall–Kier alpha value is -1.16. The van der Waals surface area contributed by atoms with Crippen molar-refractivity contribution in [3.8, 4) is 0 Å². The van der Waals surface area contributed by atoms with Crippen LogP contribution in [0.2, 0.25) is 0 Å². The lowest BCUT2D eigenvalue weighted by molar-refractivity contribution is 0.611. The molecule has 4 nitrogen and oxygen atoms in total. The number of aromatic nitrogens is 2. The van der Waals surface area contributed by atoms with Crippen molar-refractivity contribution in [1.29, 1.82) is 0 Å². The van der Waals surface area contributed by atoms with E-state index in [0.29, 0.717) is 12.5 Å². The average Bonchev–Trinajstić information content (AvgIpc) is 2.26. The van der Waals surface area contributed by atoms with Gasteiger partial charge in [0.05, 0.1) is 5.69 Å². The molecule has 0 spiro atoms. The van der Waals surface area contributed by atoms with Crippen LogP contribution in [0.1, 0.15) is 26.5 Å². The molecule has 0 saturated carbocycles. The van der Waals surface area contributed by atoms with Crippen LogP contribution in [0.5, 0.6) is 0 Å². The van der Waals surface area contributed by atoms with Gasteiger partial charge in [-0.15, -0.1) is 5.10 Å². The summed E-state index contributed by atoms with van der Waals surface area (Å²) >= 11 is 0. The Morgan fingerprint density at radius 3 is 2.47 bits per heavy atom. The molecule has 0 unspecified atom stereocenters. The molecule has 0 radical (unpaired) electrons. The third-order valence-corrected chi connectivity index (χ3v) is 2.21. The summed E-state index contributed by atoms with van der Waals surface area (Å²) in [6.45, 7) is 8.93. The summed E-state index contributed by atoms with van der Waals surface area (Å²) in [5, 5.41) is 8.23. The molecule has 1 aromatic rings. The van der Waals surface area contributed by atoms with Crippen molar-refractivity contribution in [3.63, 3.8) is 0 Å². The summed E-state index contributed by atoms with van der Waals surface area (Å²) < 4.78 is 0. The molecule has 1 rings (SSSR count). The van der Waals surface area contributed by atoms with Gasteiger partial charge in [0, 0.05) is 19.6 Å². The van der Waals surface area contributed by atoms with Gasteiger partial charge in [-0.05, 0) is 25.0 Å². The predicted octanol–water partition coefficient (Wildman–Crippen LogP) is 1.42. The average molecular weight is 208 g/mol. The molecule has 0 aromatic carbocycles. The Balaban J connectivity index is 2.74. The van der Waals surface area contributed by atoms with Crippen molar-refractivity contribution in [3.05, 3.63) is 17.8 Å². The van der Waals surface area contributed by atoms with Gasteiger partial charge in [0.25, 0.3) is 0 Å². The van der Waals surface area contributed by atoms with E-state index >= 15 is 0 Å². The number of anilines is 1. The van der Waals surface area contributed by atoms with Gasteiger partial charge in [-0.25, -0.2) is 0 Å². The predicted molar refractivity (Wildman–Crippen MR) is 62.6 cm³/mol. The van der Waals surface area contributed by atoms with E-state index in [1.54, 1.807) is 0 Å². The third-order valence-electron chi connectivity index (χ3n) is 2.21. The van der Waals surface area contributed by atoms with Crippen LogP contribution in [0.3, 0.4) is 0 Å². The SMILES string of the molecule is CCN(CC(C)C)c1ccc(CN)nn1. The Kier molecular flexibility index (Phi) is 4.49. The maximum atomic E-state index is 5.47. The third kappa shape index (κ3) is 3.47. The molecule has 1 aromatic heterocycles. The second-order valence-electron chi connectivity index (χ2n) is 4.02. The van der Waals surface area contributed by atoms with Crippen LogP contribution in [0.4, 0.5) is 5.82 Å². The highest BCUT2D eigenvalue weighted by molar-refractivity contribution is 5.37. The summed E-state index contributed by atoms with van der Waals surface area (Å²) in [6.07, 6.45) is 0. The summed E-state index contributed by atoms with van der Waals surface area (Å²) in [6, 6.07) is 3.92.